The molecule has 2 aromatic carbocycles. The fraction of sp³-hybridized carbons (Fsp3) is 0.286. The van der Waals surface area contributed by atoms with Crippen molar-refractivity contribution in [3.8, 4) is 5.75 Å². The van der Waals surface area contributed by atoms with E-state index < -0.39 is 0 Å². The second-order valence-corrected chi connectivity index (χ2v) is 8.53. The standard InChI is InChI=1S/C21H23BrN4O2S/c1-13-9-17(22)18(10-14(13)2)23-20(27)12-29-21-25-24-19(26(21)3)11-15-5-7-16(28-4)8-6-15/h5-10H,11-12H2,1-4H3,(H,23,27). The molecule has 0 radical (unpaired) electrons. The molecule has 0 unspecified atom stereocenters. The maximum Gasteiger partial charge on any atom is 0.234 e. The maximum absolute atomic E-state index is 12.4. The molecule has 3 rings (SSSR count). The van der Waals surface area contributed by atoms with E-state index in [1.165, 1.54) is 17.3 Å². The molecule has 3 aromatic rings. The average molecular weight is 475 g/mol. The fourth-order valence-electron chi connectivity index (χ4n) is 2.74. The molecular formula is C21H23BrN4O2S. The molecule has 0 saturated carbocycles. The predicted molar refractivity (Wildman–Crippen MR) is 120 cm³/mol. The van der Waals surface area contributed by atoms with Gasteiger partial charge in [-0.3, -0.25) is 4.79 Å². The Hall–Kier alpha value is -2.32. The van der Waals surface area contributed by atoms with Crippen molar-refractivity contribution in [2.75, 3.05) is 18.2 Å². The third-order valence-corrected chi connectivity index (χ3v) is 6.31. The minimum Gasteiger partial charge on any atom is -0.497 e. The van der Waals surface area contributed by atoms with Crippen LogP contribution >= 0.6 is 27.7 Å². The molecule has 8 heteroatoms. The average Bonchev–Trinajstić information content (AvgIpc) is 3.04. The summed E-state index contributed by atoms with van der Waals surface area (Å²) in [7, 11) is 3.56. The molecular weight excluding hydrogens is 452 g/mol. The van der Waals surface area contributed by atoms with Crippen molar-refractivity contribution < 1.29 is 9.53 Å². The van der Waals surface area contributed by atoms with E-state index in [4.69, 9.17) is 4.74 Å². The second kappa shape index (κ2) is 9.45. The van der Waals surface area contributed by atoms with Crippen LogP contribution in [-0.4, -0.2) is 33.5 Å². The molecule has 1 amide bonds. The van der Waals surface area contributed by atoms with Crippen LogP contribution in [0.1, 0.15) is 22.5 Å². The fourth-order valence-corrected chi connectivity index (χ4v) is 4.03. The normalized spacial score (nSPS) is 10.8. The van der Waals surface area contributed by atoms with Crippen LogP contribution in [0.3, 0.4) is 0 Å². The van der Waals surface area contributed by atoms with Crippen molar-refractivity contribution in [3.63, 3.8) is 0 Å². The molecule has 0 bridgehead atoms. The van der Waals surface area contributed by atoms with Gasteiger partial charge < -0.3 is 14.6 Å². The van der Waals surface area contributed by atoms with Gasteiger partial charge in [0.15, 0.2) is 5.16 Å². The summed E-state index contributed by atoms with van der Waals surface area (Å²) in [5.74, 6) is 1.84. The highest BCUT2D eigenvalue weighted by Gasteiger charge is 2.13. The first-order valence-electron chi connectivity index (χ1n) is 9.08. The summed E-state index contributed by atoms with van der Waals surface area (Å²) in [6.45, 7) is 4.06. The van der Waals surface area contributed by atoms with Crippen molar-refractivity contribution in [1.29, 1.82) is 0 Å². The van der Waals surface area contributed by atoms with E-state index in [2.05, 4.69) is 31.4 Å². The number of hydrogen-bond donors (Lipinski definition) is 1. The Morgan fingerprint density at radius 2 is 1.86 bits per heavy atom. The highest BCUT2D eigenvalue weighted by Crippen LogP contribution is 2.26. The van der Waals surface area contributed by atoms with Gasteiger partial charge >= 0.3 is 0 Å². The summed E-state index contributed by atoms with van der Waals surface area (Å²) in [6, 6.07) is 11.8. The summed E-state index contributed by atoms with van der Waals surface area (Å²) in [5, 5.41) is 12.2. The van der Waals surface area contributed by atoms with Crippen LogP contribution in [0, 0.1) is 13.8 Å². The van der Waals surface area contributed by atoms with Gasteiger partial charge in [-0.1, -0.05) is 23.9 Å². The Morgan fingerprint density at radius 1 is 1.17 bits per heavy atom. The van der Waals surface area contributed by atoms with Crippen LogP contribution in [0.4, 0.5) is 5.69 Å². The molecule has 0 spiro atoms. The smallest absolute Gasteiger partial charge is 0.234 e. The van der Waals surface area contributed by atoms with Crippen LogP contribution in [0.5, 0.6) is 5.75 Å². The molecule has 29 heavy (non-hydrogen) atoms. The van der Waals surface area contributed by atoms with Gasteiger partial charge in [-0.2, -0.15) is 0 Å². The second-order valence-electron chi connectivity index (χ2n) is 6.74. The van der Waals surface area contributed by atoms with Gasteiger partial charge in [0.25, 0.3) is 0 Å². The van der Waals surface area contributed by atoms with Crippen LogP contribution in [0.15, 0.2) is 46.0 Å². The number of benzene rings is 2. The number of amides is 1. The number of aryl methyl sites for hydroxylation is 2. The first kappa shape index (κ1) is 21.4. The molecule has 0 atom stereocenters. The number of ether oxygens (including phenoxy) is 1. The molecule has 1 N–H and O–H groups in total. The number of methoxy groups -OCH3 is 1. The quantitative estimate of drug-likeness (QED) is 0.509. The van der Waals surface area contributed by atoms with Gasteiger partial charge in [-0.25, -0.2) is 0 Å². The lowest BCUT2D eigenvalue weighted by Gasteiger charge is -2.10. The first-order valence-corrected chi connectivity index (χ1v) is 10.9. The molecule has 0 fully saturated rings. The lowest BCUT2D eigenvalue weighted by atomic mass is 10.1. The van der Waals surface area contributed by atoms with Crippen molar-refractivity contribution >= 4 is 39.3 Å². The predicted octanol–water partition coefficient (Wildman–Crippen LogP) is 4.52. The van der Waals surface area contributed by atoms with Crippen LogP contribution in [-0.2, 0) is 18.3 Å². The van der Waals surface area contributed by atoms with Gasteiger partial charge in [0, 0.05) is 17.9 Å². The van der Waals surface area contributed by atoms with Crippen molar-refractivity contribution in [3.05, 3.63) is 63.4 Å². The topological polar surface area (TPSA) is 69.0 Å². The Balaban J connectivity index is 1.59. The van der Waals surface area contributed by atoms with Gasteiger partial charge in [-0.05, 0) is 70.7 Å². The number of hydrogen-bond acceptors (Lipinski definition) is 5. The van der Waals surface area contributed by atoms with Crippen molar-refractivity contribution in [1.82, 2.24) is 14.8 Å². The molecule has 1 heterocycles. The number of halogens is 1. The number of carbonyl (C=O) groups excluding carboxylic acids is 1. The molecule has 152 valence electrons. The van der Waals surface area contributed by atoms with Gasteiger partial charge in [-0.15, -0.1) is 10.2 Å². The van der Waals surface area contributed by atoms with Crippen LogP contribution in [0.2, 0.25) is 0 Å². The Labute approximate surface area is 183 Å². The van der Waals surface area contributed by atoms with E-state index in [1.54, 1.807) is 7.11 Å². The SMILES string of the molecule is COc1ccc(Cc2nnc(SCC(=O)Nc3cc(C)c(C)cc3Br)n2C)cc1. The molecule has 0 aliphatic rings. The minimum absolute atomic E-state index is 0.0846. The molecule has 0 aliphatic carbocycles. The third kappa shape index (κ3) is 5.39. The lowest BCUT2D eigenvalue weighted by molar-refractivity contribution is -0.113. The highest BCUT2D eigenvalue weighted by atomic mass is 79.9. The van der Waals surface area contributed by atoms with Crippen LogP contribution < -0.4 is 10.1 Å². The Morgan fingerprint density at radius 3 is 2.55 bits per heavy atom. The monoisotopic (exact) mass is 474 g/mol. The Bertz CT molecular complexity index is 1020. The van der Waals surface area contributed by atoms with Gasteiger partial charge in [0.05, 0.1) is 18.6 Å². The zero-order valence-corrected chi connectivity index (χ0v) is 19.2. The minimum atomic E-state index is -0.0846. The zero-order chi connectivity index (χ0) is 21.0. The number of aromatic nitrogens is 3. The molecule has 1 aromatic heterocycles. The number of anilines is 1. The summed E-state index contributed by atoms with van der Waals surface area (Å²) in [6.07, 6.45) is 0.663. The number of carbonyl (C=O) groups is 1. The third-order valence-electron chi connectivity index (χ3n) is 4.64. The number of nitrogens with zero attached hydrogens (tertiary/aromatic N) is 3. The zero-order valence-electron chi connectivity index (χ0n) is 16.8. The Kier molecular flexibility index (Phi) is 6.97. The van der Waals surface area contributed by atoms with Crippen LogP contribution in [0.25, 0.3) is 0 Å². The molecule has 0 aliphatic heterocycles. The summed E-state index contributed by atoms with van der Waals surface area (Å²) in [5.41, 5.74) is 4.20. The summed E-state index contributed by atoms with van der Waals surface area (Å²) in [4.78, 5) is 12.4. The van der Waals surface area contributed by atoms with Gasteiger partial charge in [0.2, 0.25) is 5.91 Å². The van der Waals surface area contributed by atoms with E-state index in [0.29, 0.717) is 11.6 Å². The van der Waals surface area contributed by atoms with Gasteiger partial charge in [0.1, 0.15) is 11.6 Å². The largest absolute Gasteiger partial charge is 0.497 e. The number of nitrogens with one attached hydrogen (secondary N) is 1. The molecule has 6 nitrogen and oxygen atoms in total. The van der Waals surface area contributed by atoms with E-state index in [9.17, 15) is 4.79 Å². The van der Waals surface area contributed by atoms with Crippen molar-refractivity contribution in [2.24, 2.45) is 7.05 Å². The van der Waals surface area contributed by atoms with Crippen molar-refractivity contribution in [2.45, 2.75) is 25.4 Å². The van der Waals surface area contributed by atoms with E-state index in [-0.39, 0.29) is 11.7 Å². The number of rotatable bonds is 7. The molecule has 0 saturated heterocycles. The maximum atomic E-state index is 12.4. The van der Waals surface area contributed by atoms with E-state index >= 15 is 0 Å². The first-order chi connectivity index (χ1) is 13.9. The highest BCUT2D eigenvalue weighted by molar-refractivity contribution is 9.10. The van der Waals surface area contributed by atoms with E-state index in [1.807, 2.05) is 61.9 Å². The van der Waals surface area contributed by atoms with E-state index in [0.717, 1.165) is 32.9 Å². The summed E-state index contributed by atoms with van der Waals surface area (Å²) < 4.78 is 7.99. The summed E-state index contributed by atoms with van der Waals surface area (Å²) >= 11 is 4.87. The lowest BCUT2D eigenvalue weighted by Crippen LogP contribution is -2.15. The number of thioether (sulfide) groups is 1.